The van der Waals surface area contributed by atoms with Gasteiger partial charge in [0.15, 0.2) is 0 Å². The van der Waals surface area contributed by atoms with Crippen LogP contribution in [0.5, 0.6) is 5.75 Å². The van der Waals surface area contributed by atoms with Crippen LogP contribution in [0.2, 0.25) is 0 Å². The molecule has 144 valence electrons. The second kappa shape index (κ2) is 6.33. The van der Waals surface area contributed by atoms with Gasteiger partial charge in [0.1, 0.15) is 17.5 Å². The van der Waals surface area contributed by atoms with Crippen LogP contribution in [0.1, 0.15) is 61.0 Å². The van der Waals surface area contributed by atoms with E-state index in [0.717, 1.165) is 11.3 Å². The zero-order chi connectivity index (χ0) is 20.0. The van der Waals surface area contributed by atoms with E-state index in [1.54, 1.807) is 0 Å². The number of carbonyl (C=O) groups is 1. The molecule has 0 unspecified atom stereocenters. The molecule has 1 fully saturated rings. The lowest BCUT2D eigenvalue weighted by molar-refractivity contribution is 0.0197. The third-order valence-corrected chi connectivity index (χ3v) is 5.61. The number of cyclic esters (lactones) is 1. The highest BCUT2D eigenvalue weighted by Crippen LogP contribution is 2.47. The highest BCUT2D eigenvalue weighted by molar-refractivity contribution is 5.72. The van der Waals surface area contributed by atoms with Crippen molar-refractivity contribution in [2.24, 2.45) is 5.41 Å². The predicted octanol–water partition coefficient (Wildman–Crippen LogP) is 5.22. The number of benzene rings is 1. The highest BCUT2D eigenvalue weighted by Gasteiger charge is 2.59. The first-order valence-corrected chi connectivity index (χ1v) is 9.15. The molecule has 4 nitrogen and oxygen atoms in total. The minimum absolute atomic E-state index is 0.241. The molecule has 1 N–H and O–H groups in total. The number of carbonyl (C=O) groups excluding carboxylic acids is 1. The van der Waals surface area contributed by atoms with Gasteiger partial charge in [0, 0.05) is 10.8 Å². The zero-order valence-electron chi connectivity index (χ0n) is 17.4. The Kier molecular flexibility index (Phi) is 4.95. The van der Waals surface area contributed by atoms with Gasteiger partial charge in [-0.3, -0.25) is 0 Å². The maximum Gasteiger partial charge on any atom is 0.408 e. The Hall–Kier alpha value is -1.97. The Bertz CT molecular complexity index is 682. The highest BCUT2D eigenvalue weighted by atomic mass is 16.6. The Balaban J connectivity index is 2.41. The first-order valence-electron chi connectivity index (χ1n) is 9.15. The van der Waals surface area contributed by atoms with E-state index in [4.69, 9.17) is 9.47 Å². The molecule has 1 aromatic carbocycles. The molecule has 4 heteroatoms. The average Bonchev–Trinajstić information content (AvgIpc) is 2.83. The van der Waals surface area contributed by atoms with E-state index in [2.05, 4.69) is 37.9 Å². The molecule has 2 atom stereocenters. The zero-order valence-corrected chi connectivity index (χ0v) is 17.4. The standard InChI is InChI=1S/C22H33NO3/c1-10-20(5,6)17-22(9,23-18(24)25-17)21(7,8)15-11-13-16(14-12-15)26-19(2,3)4/h10-14,17H,1H2,2-9H3,(H,23,24)/t17-,22+/m1/s1. The molecule has 2 rings (SSSR count). The van der Waals surface area contributed by atoms with Gasteiger partial charge in [-0.05, 0) is 45.4 Å². The third-order valence-electron chi connectivity index (χ3n) is 5.61. The minimum atomic E-state index is -0.589. The molecule has 1 amide bonds. The van der Waals surface area contributed by atoms with Crippen molar-refractivity contribution < 1.29 is 14.3 Å². The summed E-state index contributed by atoms with van der Waals surface area (Å²) in [6, 6.07) is 8.09. The van der Waals surface area contributed by atoms with Gasteiger partial charge < -0.3 is 14.8 Å². The molecule has 1 aromatic rings. The van der Waals surface area contributed by atoms with E-state index in [-0.39, 0.29) is 28.6 Å². The van der Waals surface area contributed by atoms with Crippen molar-refractivity contribution in [3.63, 3.8) is 0 Å². The topological polar surface area (TPSA) is 47.6 Å². The quantitative estimate of drug-likeness (QED) is 0.733. The third kappa shape index (κ3) is 3.60. The molecule has 0 bridgehead atoms. The molecule has 0 saturated carbocycles. The fraction of sp³-hybridized carbons (Fsp3) is 0.591. The Labute approximate surface area is 158 Å². The van der Waals surface area contributed by atoms with Crippen molar-refractivity contribution in [1.29, 1.82) is 0 Å². The fourth-order valence-electron chi connectivity index (χ4n) is 3.61. The summed E-state index contributed by atoms with van der Waals surface area (Å²) in [7, 11) is 0. The second-order valence-electron chi connectivity index (χ2n) is 9.50. The lowest BCUT2D eigenvalue weighted by Gasteiger charge is -2.47. The molecule has 26 heavy (non-hydrogen) atoms. The summed E-state index contributed by atoms with van der Waals surface area (Å²) in [4.78, 5) is 12.1. The van der Waals surface area contributed by atoms with E-state index in [0.29, 0.717) is 0 Å². The summed E-state index contributed by atoms with van der Waals surface area (Å²) < 4.78 is 11.6. The molecule has 1 heterocycles. The van der Waals surface area contributed by atoms with Gasteiger partial charge in [-0.15, -0.1) is 6.58 Å². The van der Waals surface area contributed by atoms with Crippen LogP contribution in [0.3, 0.4) is 0 Å². The van der Waals surface area contributed by atoms with Crippen LogP contribution in [0.4, 0.5) is 4.79 Å². The predicted molar refractivity (Wildman–Crippen MR) is 106 cm³/mol. The van der Waals surface area contributed by atoms with Gasteiger partial charge in [-0.1, -0.05) is 45.9 Å². The van der Waals surface area contributed by atoms with E-state index < -0.39 is 5.54 Å². The van der Waals surface area contributed by atoms with Crippen molar-refractivity contribution >= 4 is 6.09 Å². The number of hydrogen-bond donors (Lipinski definition) is 1. The minimum Gasteiger partial charge on any atom is -0.488 e. The van der Waals surface area contributed by atoms with Crippen molar-refractivity contribution in [2.45, 2.75) is 78.0 Å². The molecule has 0 radical (unpaired) electrons. The summed E-state index contributed by atoms with van der Waals surface area (Å²) in [6.45, 7) is 20.4. The van der Waals surface area contributed by atoms with Crippen LogP contribution in [-0.4, -0.2) is 23.3 Å². The lowest BCUT2D eigenvalue weighted by atomic mass is 9.61. The van der Waals surface area contributed by atoms with E-state index in [1.807, 2.05) is 59.8 Å². The van der Waals surface area contributed by atoms with Crippen molar-refractivity contribution in [1.82, 2.24) is 5.32 Å². The average molecular weight is 360 g/mol. The molecule has 0 aliphatic carbocycles. The van der Waals surface area contributed by atoms with Crippen molar-refractivity contribution in [2.75, 3.05) is 0 Å². The molecule has 1 saturated heterocycles. The lowest BCUT2D eigenvalue weighted by Crippen LogP contribution is -2.62. The van der Waals surface area contributed by atoms with E-state index in [9.17, 15) is 4.79 Å². The van der Waals surface area contributed by atoms with Crippen LogP contribution >= 0.6 is 0 Å². The van der Waals surface area contributed by atoms with Crippen molar-refractivity contribution in [3.8, 4) is 5.75 Å². The number of hydrogen-bond acceptors (Lipinski definition) is 3. The monoisotopic (exact) mass is 359 g/mol. The van der Waals surface area contributed by atoms with Crippen molar-refractivity contribution in [3.05, 3.63) is 42.5 Å². The maximum absolute atomic E-state index is 12.1. The normalized spacial score (nSPS) is 24.0. The number of nitrogens with one attached hydrogen (secondary N) is 1. The number of ether oxygens (including phenoxy) is 2. The Morgan fingerprint density at radius 1 is 1.12 bits per heavy atom. The van der Waals surface area contributed by atoms with Crippen LogP contribution in [-0.2, 0) is 10.2 Å². The van der Waals surface area contributed by atoms with Crippen LogP contribution in [0.25, 0.3) is 0 Å². The van der Waals surface area contributed by atoms with E-state index in [1.165, 1.54) is 0 Å². The van der Waals surface area contributed by atoms with Crippen LogP contribution < -0.4 is 10.1 Å². The van der Waals surface area contributed by atoms with E-state index >= 15 is 0 Å². The van der Waals surface area contributed by atoms with Gasteiger partial charge >= 0.3 is 6.09 Å². The summed E-state index contributed by atoms with van der Waals surface area (Å²) in [5, 5.41) is 3.07. The largest absolute Gasteiger partial charge is 0.488 e. The molecule has 1 aliphatic rings. The molecular formula is C22H33NO3. The smallest absolute Gasteiger partial charge is 0.408 e. The van der Waals surface area contributed by atoms with Gasteiger partial charge in [0.05, 0.1) is 5.54 Å². The van der Waals surface area contributed by atoms with Crippen LogP contribution in [0, 0.1) is 5.41 Å². The summed E-state index contributed by atoms with van der Waals surface area (Å²) in [5.74, 6) is 0.830. The second-order valence-corrected chi connectivity index (χ2v) is 9.50. The summed E-state index contributed by atoms with van der Waals surface area (Å²) in [6.07, 6.45) is 1.14. The van der Waals surface area contributed by atoms with Crippen LogP contribution in [0.15, 0.2) is 36.9 Å². The first kappa shape index (κ1) is 20.3. The van der Waals surface area contributed by atoms with Gasteiger partial charge in [-0.2, -0.15) is 0 Å². The molecule has 1 aliphatic heterocycles. The molecule has 0 aromatic heterocycles. The number of rotatable bonds is 5. The first-order chi connectivity index (χ1) is 11.7. The number of amides is 1. The van der Waals surface area contributed by atoms with Gasteiger partial charge in [0.2, 0.25) is 0 Å². The maximum atomic E-state index is 12.1. The summed E-state index contributed by atoms with van der Waals surface area (Å²) in [5.41, 5.74) is -0.453. The van der Waals surface area contributed by atoms with Gasteiger partial charge in [-0.25, -0.2) is 4.79 Å². The molecular weight excluding hydrogens is 326 g/mol. The molecule has 0 spiro atoms. The Morgan fingerprint density at radius 2 is 1.65 bits per heavy atom. The fourth-order valence-corrected chi connectivity index (χ4v) is 3.61. The van der Waals surface area contributed by atoms with Gasteiger partial charge in [0.25, 0.3) is 0 Å². The SMILES string of the molecule is C=CC(C)(C)[C@H]1OC(=O)N[C@]1(C)C(C)(C)c1ccc(OC(C)(C)C)cc1. The number of alkyl carbamates (subject to hydrolysis) is 1. The Morgan fingerprint density at radius 3 is 2.12 bits per heavy atom. The summed E-state index contributed by atoms with van der Waals surface area (Å²) >= 11 is 0.